The van der Waals surface area contributed by atoms with Crippen molar-refractivity contribution >= 4 is 76.8 Å². The average molecular weight is 1370 g/mol. The summed E-state index contributed by atoms with van der Waals surface area (Å²) < 4.78 is 0. The zero-order valence-corrected chi connectivity index (χ0v) is 58.2. The molecule has 2 aliphatic rings. The summed E-state index contributed by atoms with van der Waals surface area (Å²) in [4.78, 5) is 186. The molecule has 0 spiro atoms. The Balaban J connectivity index is 2.97. The number of carbonyl (C=O) groups is 13. The van der Waals surface area contributed by atoms with Crippen LogP contribution >= 0.6 is 0 Å². The standard InChI is InChI=1S/C63H111N13O20/c1-16-18-19-20-36-24-43(83)69-44(29(5)6)56(89)74-48(51(84)30(7)8)59(92)65-33(12)53(86)73-49(52(85)31(9)10)60(93)67-38(21-22-42(64)82)62(95)75(15)50(32(11)17-2)61(94)72-47(41(81)27-77)58(91)71-46(35(14)79)63(96)76-26-37(80)25-40(76)55(88)68-39(23-28(3)4)54(87)70-45(34(13)78)57(90)66-36/h28-41,44-52,77-81,84-85H,16-27H2,1-15H3,(H2,64,82)(H,65,92)(H,66,90)(H,67,93)(H,68,88)(H,69,83)(H,70,87)(H,71,91)(H,72,94)(H,73,86)(H,74,89)/t32-,33-,34+,35+,36+,37+,38+,39+,40-,41-,44-,45-,46-,47+,48+,49+,50-,51-,52-/m0/s1. The Morgan fingerprint density at radius 1 is 0.552 bits per heavy atom. The van der Waals surface area contributed by atoms with E-state index in [1.807, 2.05) is 6.92 Å². The van der Waals surface area contributed by atoms with Gasteiger partial charge in [0.25, 0.3) is 0 Å². The number of hydrogen-bond donors (Lipinski definition) is 18. The van der Waals surface area contributed by atoms with Crippen LogP contribution in [0.5, 0.6) is 0 Å². The van der Waals surface area contributed by atoms with Crippen molar-refractivity contribution in [2.45, 2.75) is 270 Å². The number of unbranched alkanes of at least 4 members (excludes halogenated alkanes) is 2. The number of aliphatic hydroxyl groups is 7. The molecule has 96 heavy (non-hydrogen) atoms. The van der Waals surface area contributed by atoms with E-state index in [1.54, 1.807) is 34.6 Å². The molecule has 0 saturated carbocycles. The highest BCUT2D eigenvalue weighted by Crippen LogP contribution is 2.23. The van der Waals surface area contributed by atoms with Gasteiger partial charge in [0, 0.05) is 38.9 Å². The van der Waals surface area contributed by atoms with Crippen LogP contribution in [0.15, 0.2) is 0 Å². The van der Waals surface area contributed by atoms with Crippen LogP contribution in [0.3, 0.4) is 0 Å². The lowest BCUT2D eigenvalue weighted by Gasteiger charge is -2.36. The van der Waals surface area contributed by atoms with Crippen molar-refractivity contribution in [3.8, 4) is 0 Å². The number of rotatable bonds is 20. The number of fused-ring (bicyclic) bond motifs is 1. The fraction of sp³-hybridized carbons (Fsp3) is 0.794. The van der Waals surface area contributed by atoms with Crippen LogP contribution in [0.1, 0.15) is 161 Å². The summed E-state index contributed by atoms with van der Waals surface area (Å²) >= 11 is 0. The number of nitrogens with one attached hydrogen (secondary N) is 10. The van der Waals surface area contributed by atoms with E-state index in [9.17, 15) is 98.1 Å². The highest BCUT2D eigenvalue weighted by Gasteiger charge is 2.47. The Bertz CT molecular complexity index is 2660. The summed E-state index contributed by atoms with van der Waals surface area (Å²) in [6.07, 6.45) is -10.2. The van der Waals surface area contributed by atoms with Gasteiger partial charge in [0.05, 0.1) is 37.1 Å². The number of hydrogen-bond acceptors (Lipinski definition) is 20. The Hall–Kier alpha value is -7.17. The van der Waals surface area contributed by atoms with Crippen molar-refractivity contribution in [2.75, 3.05) is 20.2 Å². The van der Waals surface area contributed by atoms with E-state index in [-0.39, 0.29) is 25.2 Å². The molecule has 33 heteroatoms. The second-order valence-electron chi connectivity index (χ2n) is 27.0. The van der Waals surface area contributed by atoms with Crippen LogP contribution in [0.25, 0.3) is 0 Å². The van der Waals surface area contributed by atoms with Crippen LogP contribution < -0.4 is 58.9 Å². The van der Waals surface area contributed by atoms with Crippen molar-refractivity contribution in [3.63, 3.8) is 0 Å². The van der Waals surface area contributed by atoms with Gasteiger partial charge in [-0.05, 0) is 69.6 Å². The largest absolute Gasteiger partial charge is 0.394 e. The summed E-state index contributed by atoms with van der Waals surface area (Å²) in [6, 6.07) is -20.1. The van der Waals surface area contributed by atoms with E-state index in [1.165, 1.54) is 48.5 Å². The van der Waals surface area contributed by atoms with E-state index in [0.29, 0.717) is 12.8 Å². The maximum absolute atomic E-state index is 14.7. The highest BCUT2D eigenvalue weighted by molar-refractivity contribution is 6.00. The van der Waals surface area contributed by atoms with Gasteiger partial charge in [0.15, 0.2) is 0 Å². The molecule has 0 aromatic carbocycles. The number of primary amides is 1. The third-order valence-electron chi connectivity index (χ3n) is 17.1. The molecular formula is C63H111N13O20. The first-order valence-electron chi connectivity index (χ1n) is 33.2. The van der Waals surface area contributed by atoms with Gasteiger partial charge in [-0.1, -0.05) is 102 Å². The monoisotopic (exact) mass is 1370 g/mol. The maximum Gasteiger partial charge on any atom is 0.248 e. The predicted molar refractivity (Wildman–Crippen MR) is 347 cm³/mol. The molecule has 0 unspecified atom stereocenters. The maximum atomic E-state index is 14.7. The van der Waals surface area contributed by atoms with Crippen LogP contribution in [0, 0.1) is 29.6 Å². The van der Waals surface area contributed by atoms with Crippen LogP contribution in [0.2, 0.25) is 0 Å². The Labute approximate surface area is 561 Å². The number of amides is 13. The third kappa shape index (κ3) is 25.4. The molecular weight excluding hydrogens is 1260 g/mol. The van der Waals surface area contributed by atoms with E-state index >= 15 is 0 Å². The van der Waals surface area contributed by atoms with Crippen molar-refractivity contribution < 1.29 is 98.1 Å². The fourth-order valence-corrected chi connectivity index (χ4v) is 11.1. The lowest BCUT2D eigenvalue weighted by molar-refractivity contribution is -0.147. The molecule has 0 aromatic rings. The minimum Gasteiger partial charge on any atom is -0.394 e. The summed E-state index contributed by atoms with van der Waals surface area (Å²) in [6.45, 7) is 19.3. The zero-order valence-electron chi connectivity index (χ0n) is 58.2. The van der Waals surface area contributed by atoms with E-state index < -0.39 is 248 Å². The molecule has 2 fully saturated rings. The van der Waals surface area contributed by atoms with Crippen LogP contribution in [0.4, 0.5) is 0 Å². The summed E-state index contributed by atoms with van der Waals surface area (Å²) in [5.41, 5.74) is 5.49. The van der Waals surface area contributed by atoms with Gasteiger partial charge >= 0.3 is 0 Å². The molecule has 2 aliphatic heterocycles. The molecule has 0 bridgehead atoms. The molecule has 19 N–H and O–H groups in total. The smallest absolute Gasteiger partial charge is 0.248 e. The molecule has 0 radical (unpaired) electrons. The predicted octanol–water partition coefficient (Wildman–Crippen LogP) is -5.21. The minimum atomic E-state index is -2.17. The Morgan fingerprint density at radius 3 is 1.54 bits per heavy atom. The first-order valence-corrected chi connectivity index (χ1v) is 33.2. The van der Waals surface area contributed by atoms with E-state index in [2.05, 4.69) is 53.2 Å². The van der Waals surface area contributed by atoms with Crippen molar-refractivity contribution in [2.24, 2.45) is 35.3 Å². The number of likely N-dealkylation sites (N-methyl/N-ethyl adjacent to an activating group) is 1. The molecule has 2 heterocycles. The average Bonchev–Trinajstić information content (AvgIpc) is 1.47. The lowest BCUT2D eigenvalue weighted by atomic mass is 9.94. The SMILES string of the molecule is CCCCC[C@@H]1CC(=O)N[C@@H](C(C)C)C(=O)N[C@H]([C@@H](O)C(C)C)C(=O)N[C@@H](C)C(=O)N[C@H]([C@@H](O)C(C)C)C(=O)N[C@H](CCC(N)=O)C(=O)N(C)[C@@H]([C@@H](C)CC)C(=O)N[C@H]([C@@H](O)CO)C(=O)N[C@@H]([C@@H](C)O)C(=O)N2C[C@H](O)C[C@H]2C(=O)N[C@H](CC(C)C)C(=O)N[C@@H]([C@@H](C)O)C(=O)N1. The van der Waals surface area contributed by atoms with Crippen molar-refractivity contribution in [1.29, 1.82) is 0 Å². The second kappa shape index (κ2) is 39.9. The summed E-state index contributed by atoms with van der Waals surface area (Å²) in [5.74, 6) is -17.2. The van der Waals surface area contributed by atoms with Gasteiger partial charge in [-0.25, -0.2) is 0 Å². The van der Waals surface area contributed by atoms with Gasteiger partial charge in [0.2, 0.25) is 76.8 Å². The number of aliphatic hydroxyl groups excluding tert-OH is 7. The van der Waals surface area contributed by atoms with Gasteiger partial charge in [-0.15, -0.1) is 0 Å². The molecule has 2 saturated heterocycles. The number of nitrogens with zero attached hydrogens (tertiary/aromatic N) is 2. The van der Waals surface area contributed by atoms with E-state index in [4.69, 9.17) is 5.73 Å². The van der Waals surface area contributed by atoms with Crippen LogP contribution in [-0.2, 0) is 62.3 Å². The molecule has 548 valence electrons. The second-order valence-corrected chi connectivity index (χ2v) is 27.0. The molecule has 33 nitrogen and oxygen atoms in total. The molecule has 0 aliphatic carbocycles. The van der Waals surface area contributed by atoms with Gasteiger partial charge < -0.3 is 104 Å². The van der Waals surface area contributed by atoms with Crippen molar-refractivity contribution in [3.05, 3.63) is 0 Å². The fourth-order valence-electron chi connectivity index (χ4n) is 11.1. The summed E-state index contributed by atoms with van der Waals surface area (Å²) in [5, 5.41) is 102. The first kappa shape index (κ1) is 84.9. The molecule has 19 atom stereocenters. The third-order valence-corrected chi connectivity index (χ3v) is 17.1. The van der Waals surface area contributed by atoms with Crippen LogP contribution in [-0.4, -0.2) is 252 Å². The first-order chi connectivity index (χ1) is 44.6. The van der Waals surface area contributed by atoms with Gasteiger partial charge in [-0.3, -0.25) is 62.3 Å². The quantitative estimate of drug-likeness (QED) is 0.0507. The topological polar surface area (TPSA) is 516 Å². The number of nitrogens with two attached hydrogens (primary N) is 1. The van der Waals surface area contributed by atoms with Gasteiger partial charge in [-0.2, -0.15) is 0 Å². The van der Waals surface area contributed by atoms with Crippen molar-refractivity contribution in [1.82, 2.24) is 63.0 Å². The molecule has 0 aromatic heterocycles. The summed E-state index contributed by atoms with van der Waals surface area (Å²) in [7, 11) is 1.13. The lowest BCUT2D eigenvalue weighted by Crippen LogP contribution is -2.65. The zero-order chi connectivity index (χ0) is 73.5. The molecule has 2 rings (SSSR count). The Kier molecular flexibility index (Phi) is 35.3. The molecule has 13 amide bonds. The van der Waals surface area contributed by atoms with Gasteiger partial charge in [0.1, 0.15) is 72.6 Å². The van der Waals surface area contributed by atoms with E-state index in [0.717, 1.165) is 30.2 Å². The minimum absolute atomic E-state index is 0.0950. The number of carbonyl (C=O) groups excluding carboxylic acids is 13. The highest BCUT2D eigenvalue weighted by atomic mass is 16.3. The Morgan fingerprint density at radius 2 is 1.04 bits per heavy atom. The normalized spacial score (nSPS) is 29.1.